The molecule has 0 aliphatic heterocycles. The van der Waals surface area contributed by atoms with Crippen molar-refractivity contribution >= 4 is 38.0 Å². The average molecular weight is 425 g/mol. The van der Waals surface area contributed by atoms with Crippen molar-refractivity contribution in [2.75, 3.05) is 6.54 Å². The van der Waals surface area contributed by atoms with Gasteiger partial charge in [0.05, 0.1) is 0 Å². The number of hydrogen-bond donors (Lipinski definition) is 3. The number of carbonyl (C=O) groups excluding carboxylic acids is 1. The van der Waals surface area contributed by atoms with Crippen LogP contribution in [0, 0.1) is 0 Å². The van der Waals surface area contributed by atoms with Crippen LogP contribution in [0.1, 0.15) is 32.4 Å². The van der Waals surface area contributed by atoms with Crippen molar-refractivity contribution in [3.63, 3.8) is 0 Å². The molecule has 0 aliphatic rings. The van der Waals surface area contributed by atoms with Crippen molar-refractivity contribution in [1.29, 1.82) is 0 Å². The number of amides is 1. The highest BCUT2D eigenvalue weighted by atomic mass is 79.9. The smallest absolute Gasteiger partial charge is 0.407 e. The Balaban J connectivity index is 2.58. The minimum atomic E-state index is -1.14. The summed E-state index contributed by atoms with van der Waals surface area (Å²) in [4.78, 5) is 11.5. The molecule has 0 aliphatic carbocycles. The highest BCUT2D eigenvalue weighted by molar-refractivity contribution is 9.11. The van der Waals surface area contributed by atoms with E-state index in [1.807, 2.05) is 6.07 Å². The van der Waals surface area contributed by atoms with E-state index in [4.69, 9.17) is 4.74 Å². The molecule has 0 aromatic heterocycles. The second-order valence-electron chi connectivity index (χ2n) is 5.60. The number of hydrogen-bond acceptors (Lipinski definition) is 4. The molecule has 1 aromatic carbocycles. The van der Waals surface area contributed by atoms with E-state index in [9.17, 15) is 15.0 Å². The Hall–Kier alpha value is -0.630. The number of aliphatic hydroxyl groups excluding tert-OH is 2. The number of carbonyl (C=O) groups is 1. The van der Waals surface area contributed by atoms with Gasteiger partial charge in [0, 0.05) is 15.5 Å². The molecule has 118 valence electrons. The molecule has 2 atom stereocenters. The van der Waals surface area contributed by atoms with Gasteiger partial charge in [0.2, 0.25) is 0 Å². The van der Waals surface area contributed by atoms with Crippen molar-refractivity contribution in [3.8, 4) is 0 Å². The Morgan fingerprint density at radius 3 is 2.24 bits per heavy atom. The van der Waals surface area contributed by atoms with Crippen LogP contribution in [0.4, 0.5) is 4.79 Å². The fraction of sp³-hybridized carbons (Fsp3) is 0.500. The molecule has 1 amide bonds. The van der Waals surface area contributed by atoms with Gasteiger partial charge in [-0.25, -0.2) is 4.79 Å². The fourth-order valence-corrected chi connectivity index (χ4v) is 2.91. The van der Waals surface area contributed by atoms with E-state index in [2.05, 4.69) is 37.2 Å². The number of ether oxygens (including phenoxy) is 1. The van der Waals surface area contributed by atoms with E-state index in [0.29, 0.717) is 5.56 Å². The van der Waals surface area contributed by atoms with E-state index < -0.39 is 23.9 Å². The first kappa shape index (κ1) is 18.4. The predicted molar refractivity (Wildman–Crippen MR) is 87.0 cm³/mol. The first-order chi connectivity index (χ1) is 9.58. The molecule has 0 fully saturated rings. The summed E-state index contributed by atoms with van der Waals surface area (Å²) in [5.74, 6) is 0. The van der Waals surface area contributed by atoms with Gasteiger partial charge < -0.3 is 20.3 Å². The summed E-state index contributed by atoms with van der Waals surface area (Å²) in [7, 11) is 0. The van der Waals surface area contributed by atoms with Gasteiger partial charge in [-0.05, 0) is 44.5 Å². The molecule has 0 heterocycles. The largest absolute Gasteiger partial charge is 0.444 e. The Bertz CT molecular complexity index is 482. The fourth-order valence-electron chi connectivity index (χ4n) is 1.58. The number of benzene rings is 1. The maximum absolute atomic E-state index is 11.5. The number of halogens is 2. The Labute approximate surface area is 140 Å². The van der Waals surface area contributed by atoms with E-state index in [-0.39, 0.29) is 6.54 Å². The van der Waals surface area contributed by atoms with Gasteiger partial charge >= 0.3 is 6.09 Å². The molecule has 21 heavy (non-hydrogen) atoms. The summed E-state index contributed by atoms with van der Waals surface area (Å²) in [6.07, 6.45) is -2.89. The van der Waals surface area contributed by atoms with Crippen molar-refractivity contribution in [2.24, 2.45) is 0 Å². The lowest BCUT2D eigenvalue weighted by Crippen LogP contribution is -2.38. The molecular formula is C14H19Br2NO4. The standard InChI is InChI=1S/C14H19Br2NO4/c1-14(2,3)21-13(20)17-7-11(18)12(19)8-4-9(15)6-10(16)5-8/h4-6,11-12,18-19H,7H2,1-3H3,(H,17,20). The lowest BCUT2D eigenvalue weighted by atomic mass is 10.0. The molecule has 3 N–H and O–H groups in total. The summed E-state index contributed by atoms with van der Waals surface area (Å²) in [5.41, 5.74) is -0.0715. The molecular weight excluding hydrogens is 406 g/mol. The monoisotopic (exact) mass is 423 g/mol. The second-order valence-corrected chi connectivity index (χ2v) is 7.43. The van der Waals surface area contributed by atoms with Gasteiger partial charge in [0.25, 0.3) is 0 Å². The van der Waals surface area contributed by atoms with E-state index in [1.165, 1.54) is 0 Å². The predicted octanol–water partition coefficient (Wildman–Crippen LogP) is 3.13. The van der Waals surface area contributed by atoms with E-state index in [0.717, 1.165) is 8.95 Å². The zero-order valence-electron chi connectivity index (χ0n) is 12.1. The molecule has 2 unspecified atom stereocenters. The van der Waals surface area contributed by atoms with Gasteiger partial charge in [0.15, 0.2) is 0 Å². The number of nitrogens with one attached hydrogen (secondary N) is 1. The third-order valence-corrected chi connectivity index (χ3v) is 3.36. The molecule has 0 radical (unpaired) electrons. The van der Waals surface area contributed by atoms with Crippen LogP contribution in [0.15, 0.2) is 27.1 Å². The second kappa shape index (κ2) is 7.58. The Morgan fingerprint density at radius 1 is 1.24 bits per heavy atom. The van der Waals surface area contributed by atoms with E-state index in [1.54, 1.807) is 32.9 Å². The number of aliphatic hydroxyl groups is 2. The minimum absolute atomic E-state index is 0.111. The van der Waals surface area contributed by atoms with Crippen LogP contribution >= 0.6 is 31.9 Å². The van der Waals surface area contributed by atoms with Crippen LogP contribution in [0.2, 0.25) is 0 Å². The lowest BCUT2D eigenvalue weighted by molar-refractivity contribution is 0.0129. The Morgan fingerprint density at radius 2 is 1.76 bits per heavy atom. The van der Waals surface area contributed by atoms with Crippen LogP contribution in [0.3, 0.4) is 0 Å². The summed E-state index contributed by atoms with van der Waals surface area (Å²) in [6, 6.07) is 5.22. The number of rotatable bonds is 4. The maximum Gasteiger partial charge on any atom is 0.407 e. The van der Waals surface area contributed by atoms with Crippen molar-refractivity contribution in [2.45, 2.75) is 38.6 Å². The summed E-state index contributed by atoms with van der Waals surface area (Å²) >= 11 is 6.63. The third kappa shape index (κ3) is 6.78. The highest BCUT2D eigenvalue weighted by Crippen LogP contribution is 2.25. The average Bonchev–Trinajstić information content (AvgIpc) is 2.31. The Kier molecular flexibility index (Phi) is 6.65. The molecule has 0 saturated heterocycles. The lowest BCUT2D eigenvalue weighted by Gasteiger charge is -2.22. The molecule has 1 rings (SSSR count). The van der Waals surface area contributed by atoms with Crippen LogP contribution in [-0.2, 0) is 4.74 Å². The van der Waals surface area contributed by atoms with Crippen molar-refractivity contribution < 1.29 is 19.7 Å². The van der Waals surface area contributed by atoms with Gasteiger partial charge in [-0.2, -0.15) is 0 Å². The number of alkyl carbamates (subject to hydrolysis) is 1. The first-order valence-corrected chi connectivity index (χ1v) is 7.96. The van der Waals surface area contributed by atoms with Gasteiger partial charge in [-0.15, -0.1) is 0 Å². The molecule has 1 aromatic rings. The zero-order chi connectivity index (χ0) is 16.2. The summed E-state index contributed by atoms with van der Waals surface area (Å²) in [5, 5.41) is 22.5. The molecule has 5 nitrogen and oxygen atoms in total. The topological polar surface area (TPSA) is 78.8 Å². The first-order valence-electron chi connectivity index (χ1n) is 6.37. The van der Waals surface area contributed by atoms with Gasteiger partial charge in [0.1, 0.15) is 17.8 Å². The SMILES string of the molecule is CC(C)(C)OC(=O)NCC(O)C(O)c1cc(Br)cc(Br)c1. The van der Waals surface area contributed by atoms with Crippen LogP contribution in [0.25, 0.3) is 0 Å². The van der Waals surface area contributed by atoms with Crippen molar-refractivity contribution in [1.82, 2.24) is 5.32 Å². The zero-order valence-corrected chi connectivity index (χ0v) is 15.2. The normalized spacial score (nSPS) is 14.4. The quantitative estimate of drug-likeness (QED) is 0.693. The van der Waals surface area contributed by atoms with Crippen LogP contribution in [-0.4, -0.2) is 34.6 Å². The van der Waals surface area contributed by atoms with Gasteiger partial charge in [-0.1, -0.05) is 31.9 Å². The maximum atomic E-state index is 11.5. The van der Waals surface area contributed by atoms with E-state index >= 15 is 0 Å². The van der Waals surface area contributed by atoms with Gasteiger partial charge in [-0.3, -0.25) is 0 Å². The molecule has 0 spiro atoms. The summed E-state index contributed by atoms with van der Waals surface area (Å²) in [6.45, 7) is 5.13. The molecule has 0 saturated carbocycles. The third-order valence-electron chi connectivity index (χ3n) is 2.45. The van der Waals surface area contributed by atoms with Crippen LogP contribution < -0.4 is 5.32 Å². The minimum Gasteiger partial charge on any atom is -0.444 e. The van der Waals surface area contributed by atoms with Crippen molar-refractivity contribution in [3.05, 3.63) is 32.7 Å². The summed E-state index contributed by atoms with van der Waals surface area (Å²) < 4.78 is 6.61. The molecule has 0 bridgehead atoms. The highest BCUT2D eigenvalue weighted by Gasteiger charge is 2.22. The molecule has 7 heteroatoms. The van der Waals surface area contributed by atoms with Crippen LogP contribution in [0.5, 0.6) is 0 Å².